The SMILES string of the molecule is CC(C)CCC(O)(CCC(C)C)CCC(C)C. The average Bonchev–Trinajstić information content (AvgIpc) is 2.21. The first kappa shape index (κ1) is 17.0. The number of rotatable bonds is 9. The molecule has 0 bridgehead atoms. The fourth-order valence-electron chi connectivity index (χ4n) is 2.05. The van der Waals surface area contributed by atoms with E-state index >= 15 is 0 Å². The van der Waals surface area contributed by atoms with Crippen molar-refractivity contribution in [1.29, 1.82) is 0 Å². The van der Waals surface area contributed by atoms with Crippen LogP contribution in [0, 0.1) is 17.8 Å². The highest BCUT2D eigenvalue weighted by Gasteiger charge is 2.26. The molecule has 0 radical (unpaired) electrons. The van der Waals surface area contributed by atoms with Crippen molar-refractivity contribution in [3.8, 4) is 0 Å². The molecule has 0 aromatic carbocycles. The molecule has 1 nitrogen and oxygen atoms in total. The zero-order valence-corrected chi connectivity index (χ0v) is 12.9. The molecule has 0 fully saturated rings. The summed E-state index contributed by atoms with van der Waals surface area (Å²) in [7, 11) is 0. The normalized spacial score (nSPS) is 13.1. The fourth-order valence-corrected chi connectivity index (χ4v) is 2.05. The molecule has 0 atom stereocenters. The monoisotopic (exact) mass is 242 g/mol. The maximum Gasteiger partial charge on any atom is 0.0648 e. The second-order valence-electron chi connectivity index (χ2n) is 7.02. The van der Waals surface area contributed by atoms with Gasteiger partial charge >= 0.3 is 0 Å². The van der Waals surface area contributed by atoms with Crippen molar-refractivity contribution in [3.05, 3.63) is 0 Å². The Labute approximate surface area is 109 Å². The molecule has 17 heavy (non-hydrogen) atoms. The topological polar surface area (TPSA) is 20.2 Å². The van der Waals surface area contributed by atoms with Gasteiger partial charge in [-0.3, -0.25) is 0 Å². The molecule has 0 spiro atoms. The van der Waals surface area contributed by atoms with Gasteiger partial charge in [0.15, 0.2) is 0 Å². The van der Waals surface area contributed by atoms with E-state index in [0.717, 1.165) is 38.5 Å². The molecule has 0 unspecified atom stereocenters. The van der Waals surface area contributed by atoms with Crippen molar-refractivity contribution in [2.45, 2.75) is 85.7 Å². The van der Waals surface area contributed by atoms with Crippen LogP contribution >= 0.6 is 0 Å². The van der Waals surface area contributed by atoms with Gasteiger partial charge in [0, 0.05) is 0 Å². The minimum Gasteiger partial charge on any atom is -0.390 e. The zero-order chi connectivity index (χ0) is 13.5. The molecular weight excluding hydrogens is 208 g/mol. The molecule has 0 rings (SSSR count). The Balaban J connectivity index is 4.23. The van der Waals surface area contributed by atoms with Crippen LogP contribution in [0.2, 0.25) is 0 Å². The molecule has 1 N–H and O–H groups in total. The average molecular weight is 242 g/mol. The standard InChI is InChI=1S/C16H34O/c1-13(2)7-10-16(17,11-8-14(3)4)12-9-15(5)6/h13-15,17H,7-12H2,1-6H3. The zero-order valence-electron chi connectivity index (χ0n) is 12.9. The second-order valence-corrected chi connectivity index (χ2v) is 7.02. The summed E-state index contributed by atoms with van der Waals surface area (Å²) in [4.78, 5) is 0. The van der Waals surface area contributed by atoms with E-state index in [1.165, 1.54) is 0 Å². The first-order chi connectivity index (χ1) is 7.75. The Morgan fingerprint density at radius 1 is 0.647 bits per heavy atom. The fraction of sp³-hybridized carbons (Fsp3) is 1.00. The van der Waals surface area contributed by atoms with Crippen molar-refractivity contribution >= 4 is 0 Å². The molecule has 104 valence electrons. The van der Waals surface area contributed by atoms with Gasteiger partial charge in [-0.25, -0.2) is 0 Å². The third kappa shape index (κ3) is 9.64. The van der Waals surface area contributed by atoms with Gasteiger partial charge in [0.1, 0.15) is 0 Å². The molecule has 0 aliphatic rings. The molecule has 0 heterocycles. The van der Waals surface area contributed by atoms with Gasteiger partial charge in [0.25, 0.3) is 0 Å². The molecule has 0 aromatic heterocycles. The lowest BCUT2D eigenvalue weighted by Gasteiger charge is -2.30. The molecule has 1 heteroatoms. The molecule has 0 amide bonds. The Bertz CT molecular complexity index is 151. The Hall–Kier alpha value is -0.0400. The van der Waals surface area contributed by atoms with Crippen molar-refractivity contribution in [2.24, 2.45) is 17.8 Å². The van der Waals surface area contributed by atoms with Crippen LogP contribution in [0.15, 0.2) is 0 Å². The van der Waals surface area contributed by atoms with Gasteiger partial charge in [0.05, 0.1) is 5.60 Å². The summed E-state index contributed by atoms with van der Waals surface area (Å²) >= 11 is 0. The quantitative estimate of drug-likeness (QED) is 0.601. The number of aliphatic hydroxyl groups is 1. The van der Waals surface area contributed by atoms with E-state index in [2.05, 4.69) is 41.5 Å². The summed E-state index contributed by atoms with van der Waals surface area (Å²) in [6.45, 7) is 13.4. The van der Waals surface area contributed by atoms with Crippen molar-refractivity contribution in [1.82, 2.24) is 0 Å². The Morgan fingerprint density at radius 3 is 1.06 bits per heavy atom. The molecule has 0 aliphatic heterocycles. The molecule has 0 saturated carbocycles. The van der Waals surface area contributed by atoms with Gasteiger partial charge in [0.2, 0.25) is 0 Å². The van der Waals surface area contributed by atoms with Crippen LogP contribution in [0.5, 0.6) is 0 Å². The van der Waals surface area contributed by atoms with E-state index < -0.39 is 5.60 Å². The molecule has 0 saturated heterocycles. The number of hydrogen-bond donors (Lipinski definition) is 1. The van der Waals surface area contributed by atoms with Crippen LogP contribution < -0.4 is 0 Å². The first-order valence-corrected chi connectivity index (χ1v) is 7.47. The van der Waals surface area contributed by atoms with Crippen LogP contribution in [0.1, 0.15) is 80.1 Å². The smallest absolute Gasteiger partial charge is 0.0648 e. The third-order valence-electron chi connectivity index (χ3n) is 3.56. The van der Waals surface area contributed by atoms with Crippen LogP contribution in [-0.4, -0.2) is 10.7 Å². The van der Waals surface area contributed by atoms with Crippen LogP contribution in [0.4, 0.5) is 0 Å². The van der Waals surface area contributed by atoms with Gasteiger partial charge in [-0.15, -0.1) is 0 Å². The van der Waals surface area contributed by atoms with E-state index in [1.807, 2.05) is 0 Å². The lowest BCUT2D eigenvalue weighted by atomic mass is 9.82. The van der Waals surface area contributed by atoms with Crippen LogP contribution in [0.25, 0.3) is 0 Å². The van der Waals surface area contributed by atoms with Crippen LogP contribution in [-0.2, 0) is 0 Å². The van der Waals surface area contributed by atoms with E-state index in [0.29, 0.717) is 17.8 Å². The van der Waals surface area contributed by atoms with Gasteiger partial charge in [-0.2, -0.15) is 0 Å². The largest absolute Gasteiger partial charge is 0.390 e. The molecule has 0 aromatic rings. The minimum atomic E-state index is -0.404. The summed E-state index contributed by atoms with van der Waals surface area (Å²) in [6, 6.07) is 0. The highest BCUT2D eigenvalue weighted by molar-refractivity contribution is 4.80. The van der Waals surface area contributed by atoms with E-state index in [9.17, 15) is 5.11 Å². The van der Waals surface area contributed by atoms with Gasteiger partial charge in [-0.05, 0) is 56.3 Å². The maximum atomic E-state index is 10.8. The highest BCUT2D eigenvalue weighted by atomic mass is 16.3. The van der Waals surface area contributed by atoms with Crippen molar-refractivity contribution < 1.29 is 5.11 Å². The Morgan fingerprint density at radius 2 is 0.882 bits per heavy atom. The predicted molar refractivity (Wildman–Crippen MR) is 77.2 cm³/mol. The number of hydrogen-bond acceptors (Lipinski definition) is 1. The summed E-state index contributed by atoms with van der Waals surface area (Å²) in [5, 5.41) is 10.8. The van der Waals surface area contributed by atoms with Crippen molar-refractivity contribution in [2.75, 3.05) is 0 Å². The van der Waals surface area contributed by atoms with E-state index in [1.54, 1.807) is 0 Å². The van der Waals surface area contributed by atoms with Crippen LogP contribution in [0.3, 0.4) is 0 Å². The minimum absolute atomic E-state index is 0.404. The summed E-state index contributed by atoms with van der Waals surface area (Å²) in [5.74, 6) is 2.08. The first-order valence-electron chi connectivity index (χ1n) is 7.47. The Kier molecular flexibility index (Phi) is 8.11. The predicted octanol–water partition coefficient (Wildman–Crippen LogP) is 5.03. The molecular formula is C16H34O. The van der Waals surface area contributed by atoms with Crippen molar-refractivity contribution in [3.63, 3.8) is 0 Å². The van der Waals surface area contributed by atoms with E-state index in [4.69, 9.17) is 0 Å². The third-order valence-corrected chi connectivity index (χ3v) is 3.56. The summed E-state index contributed by atoms with van der Waals surface area (Å²) in [6.07, 6.45) is 6.37. The van der Waals surface area contributed by atoms with Gasteiger partial charge in [-0.1, -0.05) is 41.5 Å². The second kappa shape index (κ2) is 8.13. The highest BCUT2D eigenvalue weighted by Crippen LogP contribution is 2.29. The maximum absolute atomic E-state index is 10.8. The van der Waals surface area contributed by atoms with Gasteiger partial charge < -0.3 is 5.11 Å². The molecule has 0 aliphatic carbocycles. The summed E-state index contributed by atoms with van der Waals surface area (Å²) < 4.78 is 0. The lowest BCUT2D eigenvalue weighted by Crippen LogP contribution is -2.30. The lowest BCUT2D eigenvalue weighted by molar-refractivity contribution is 0.000464. The van der Waals surface area contributed by atoms with E-state index in [-0.39, 0.29) is 0 Å². The summed E-state index contributed by atoms with van der Waals surface area (Å²) in [5.41, 5.74) is -0.404.